The molecule has 0 bridgehead atoms. The van der Waals surface area contributed by atoms with Crippen LogP contribution in [0.1, 0.15) is 31.1 Å². The molecule has 2 N–H and O–H groups in total. The molecule has 1 aromatic heterocycles. The minimum absolute atomic E-state index is 0.209. The second kappa shape index (κ2) is 3.77. The van der Waals surface area contributed by atoms with Crippen molar-refractivity contribution in [3.63, 3.8) is 0 Å². The van der Waals surface area contributed by atoms with Crippen LogP contribution in [0.2, 0.25) is 0 Å². The number of fused-ring (bicyclic) bond motifs is 3. The third-order valence-corrected chi connectivity index (χ3v) is 3.37. The average molecular weight is 262 g/mol. The Morgan fingerprint density at radius 1 is 1.37 bits per heavy atom. The Hall–Kier alpha value is -1.95. The van der Waals surface area contributed by atoms with E-state index in [0.717, 1.165) is 11.3 Å². The minimum Gasteiger partial charge on any atom is -0.388 e. The van der Waals surface area contributed by atoms with E-state index in [1.807, 2.05) is 20.8 Å². The molecule has 0 spiro atoms. The summed E-state index contributed by atoms with van der Waals surface area (Å²) in [4.78, 5) is 0. The van der Waals surface area contributed by atoms with Crippen molar-refractivity contribution in [2.45, 2.75) is 32.9 Å². The van der Waals surface area contributed by atoms with Crippen molar-refractivity contribution >= 4 is 5.69 Å². The number of hydrogen-bond donors (Lipinski definition) is 2. The van der Waals surface area contributed by atoms with Gasteiger partial charge in [-0.2, -0.15) is 0 Å². The minimum atomic E-state index is -0.479. The van der Waals surface area contributed by atoms with Crippen LogP contribution in [0, 0.1) is 12.7 Å². The first-order valence-corrected chi connectivity index (χ1v) is 6.08. The lowest BCUT2D eigenvalue weighted by Gasteiger charge is -2.34. The summed E-state index contributed by atoms with van der Waals surface area (Å²) in [6.45, 7) is 5.50. The van der Waals surface area contributed by atoms with Crippen molar-refractivity contribution in [2.75, 3.05) is 5.32 Å². The highest BCUT2D eigenvalue weighted by Gasteiger charge is 2.35. The number of halogens is 1. The first kappa shape index (κ1) is 12.1. The van der Waals surface area contributed by atoms with E-state index in [1.165, 1.54) is 12.1 Å². The molecule has 1 aliphatic heterocycles. The van der Waals surface area contributed by atoms with E-state index in [-0.39, 0.29) is 12.4 Å². The number of rotatable bonds is 1. The molecule has 0 radical (unpaired) electrons. The molecule has 0 atom stereocenters. The second-order valence-corrected chi connectivity index (χ2v) is 5.30. The van der Waals surface area contributed by atoms with Gasteiger partial charge in [-0.05, 0) is 38.5 Å². The molecule has 0 unspecified atom stereocenters. The molecule has 0 fully saturated rings. The van der Waals surface area contributed by atoms with Crippen LogP contribution < -0.4 is 5.32 Å². The maximum atomic E-state index is 13.6. The number of hydrogen-bond acceptors (Lipinski definition) is 4. The van der Waals surface area contributed by atoms with Crippen molar-refractivity contribution in [3.8, 4) is 5.69 Å². The van der Waals surface area contributed by atoms with Crippen LogP contribution in [0.4, 0.5) is 10.1 Å². The summed E-state index contributed by atoms with van der Waals surface area (Å²) < 4.78 is 15.4. The fourth-order valence-corrected chi connectivity index (χ4v) is 2.58. The Balaban J connectivity index is 2.37. The zero-order chi connectivity index (χ0) is 13.8. The van der Waals surface area contributed by atoms with Crippen molar-refractivity contribution in [2.24, 2.45) is 0 Å². The first-order valence-electron chi connectivity index (χ1n) is 6.08. The fraction of sp³-hybridized carbons (Fsp3) is 0.385. The van der Waals surface area contributed by atoms with E-state index < -0.39 is 5.54 Å². The fourth-order valence-electron chi connectivity index (χ4n) is 2.58. The maximum Gasteiger partial charge on any atom is 0.163 e. The van der Waals surface area contributed by atoms with Crippen LogP contribution in [0.5, 0.6) is 0 Å². The Morgan fingerprint density at radius 3 is 2.79 bits per heavy atom. The zero-order valence-corrected chi connectivity index (χ0v) is 11.0. The predicted octanol–water partition coefficient (Wildman–Crippen LogP) is 1.87. The van der Waals surface area contributed by atoms with Crippen LogP contribution in [-0.2, 0) is 12.1 Å². The van der Waals surface area contributed by atoms with E-state index in [9.17, 15) is 9.50 Å². The van der Waals surface area contributed by atoms with Gasteiger partial charge in [0.05, 0.1) is 16.9 Å². The summed E-state index contributed by atoms with van der Waals surface area (Å²) in [5.41, 5.74) is 1.77. The van der Waals surface area contributed by atoms with E-state index in [1.54, 1.807) is 4.57 Å². The highest BCUT2D eigenvalue weighted by Crippen LogP contribution is 2.38. The van der Waals surface area contributed by atoms with Crippen molar-refractivity contribution in [3.05, 3.63) is 35.2 Å². The molecule has 2 aromatic rings. The molecule has 6 heteroatoms. The molecular weight excluding hydrogens is 247 g/mol. The molecule has 0 saturated heterocycles. The normalized spacial score (nSPS) is 15.6. The van der Waals surface area contributed by atoms with E-state index in [2.05, 4.69) is 15.5 Å². The van der Waals surface area contributed by atoms with Crippen LogP contribution in [0.25, 0.3) is 5.69 Å². The van der Waals surface area contributed by atoms with Gasteiger partial charge in [-0.1, -0.05) is 0 Å². The van der Waals surface area contributed by atoms with Crippen molar-refractivity contribution in [1.82, 2.24) is 14.8 Å². The highest BCUT2D eigenvalue weighted by molar-refractivity contribution is 5.69. The Kier molecular flexibility index (Phi) is 2.40. The van der Waals surface area contributed by atoms with E-state index in [0.29, 0.717) is 17.3 Å². The molecule has 0 amide bonds. The van der Waals surface area contributed by atoms with Gasteiger partial charge in [0.1, 0.15) is 12.4 Å². The van der Waals surface area contributed by atoms with Gasteiger partial charge in [0.15, 0.2) is 11.6 Å². The molecule has 1 aromatic carbocycles. The Labute approximate surface area is 110 Å². The summed E-state index contributed by atoms with van der Waals surface area (Å²) in [6, 6.07) is 2.91. The topological polar surface area (TPSA) is 63.0 Å². The summed E-state index contributed by atoms with van der Waals surface area (Å²) in [7, 11) is 0. The van der Waals surface area contributed by atoms with E-state index >= 15 is 0 Å². The monoisotopic (exact) mass is 262 g/mol. The smallest absolute Gasteiger partial charge is 0.163 e. The number of anilines is 1. The molecule has 0 saturated carbocycles. The molecule has 100 valence electrons. The Bertz CT molecular complexity index is 663. The molecule has 1 aliphatic rings. The van der Waals surface area contributed by atoms with Gasteiger partial charge < -0.3 is 10.4 Å². The molecule has 0 aliphatic carbocycles. The highest BCUT2D eigenvalue weighted by atomic mass is 19.1. The summed E-state index contributed by atoms with van der Waals surface area (Å²) in [6.07, 6.45) is 0. The Morgan fingerprint density at radius 2 is 2.11 bits per heavy atom. The second-order valence-electron chi connectivity index (χ2n) is 5.30. The van der Waals surface area contributed by atoms with Crippen LogP contribution in [0.15, 0.2) is 12.1 Å². The average Bonchev–Trinajstić information content (AvgIpc) is 2.71. The third-order valence-electron chi connectivity index (χ3n) is 3.37. The SMILES string of the molecule is Cc1cc(F)cc2c1-n1c(CO)nnc1C(C)(C)N2. The lowest BCUT2D eigenvalue weighted by Crippen LogP contribution is -2.36. The molecule has 5 nitrogen and oxygen atoms in total. The van der Waals surface area contributed by atoms with Gasteiger partial charge in [-0.3, -0.25) is 4.57 Å². The largest absolute Gasteiger partial charge is 0.388 e. The van der Waals surface area contributed by atoms with Gasteiger partial charge in [0, 0.05) is 0 Å². The molecule has 2 heterocycles. The number of aromatic nitrogens is 3. The summed E-state index contributed by atoms with van der Waals surface area (Å²) in [5.74, 6) is 0.876. The van der Waals surface area contributed by atoms with Crippen molar-refractivity contribution < 1.29 is 9.50 Å². The number of nitrogens with zero attached hydrogens (tertiary/aromatic N) is 3. The predicted molar refractivity (Wildman–Crippen MR) is 68.6 cm³/mol. The third kappa shape index (κ3) is 1.63. The summed E-state index contributed by atoms with van der Waals surface area (Å²) in [5, 5.41) is 20.8. The first-order chi connectivity index (χ1) is 8.94. The maximum absolute atomic E-state index is 13.6. The number of nitrogens with one attached hydrogen (secondary N) is 1. The lowest BCUT2D eigenvalue weighted by molar-refractivity contribution is 0.268. The van der Waals surface area contributed by atoms with Crippen molar-refractivity contribution in [1.29, 1.82) is 0 Å². The van der Waals surface area contributed by atoms with Gasteiger partial charge in [-0.25, -0.2) is 4.39 Å². The van der Waals surface area contributed by atoms with Crippen LogP contribution in [0.3, 0.4) is 0 Å². The number of aliphatic hydroxyl groups is 1. The number of aliphatic hydroxyl groups excluding tert-OH is 1. The summed E-state index contributed by atoms with van der Waals surface area (Å²) >= 11 is 0. The van der Waals surface area contributed by atoms with Gasteiger partial charge >= 0.3 is 0 Å². The van der Waals surface area contributed by atoms with Crippen LogP contribution >= 0.6 is 0 Å². The zero-order valence-electron chi connectivity index (χ0n) is 11.0. The molecule has 3 rings (SSSR count). The standard InChI is InChI=1S/C13H15FN4O/c1-7-4-8(14)5-9-11(7)18-10(6-19)16-17-12(18)13(2,3)15-9/h4-5,15,19H,6H2,1-3H3. The quantitative estimate of drug-likeness (QED) is 0.823. The van der Waals surface area contributed by atoms with Gasteiger partial charge in [0.2, 0.25) is 0 Å². The van der Waals surface area contributed by atoms with Gasteiger partial charge in [-0.15, -0.1) is 10.2 Å². The van der Waals surface area contributed by atoms with E-state index in [4.69, 9.17) is 0 Å². The molecular formula is C13H15FN4O. The number of benzene rings is 1. The molecule has 19 heavy (non-hydrogen) atoms. The van der Waals surface area contributed by atoms with Crippen LogP contribution in [-0.4, -0.2) is 19.9 Å². The lowest BCUT2D eigenvalue weighted by atomic mass is 9.98. The number of aryl methyl sites for hydroxylation is 1. The van der Waals surface area contributed by atoms with Gasteiger partial charge in [0.25, 0.3) is 0 Å².